The van der Waals surface area contributed by atoms with Crippen molar-refractivity contribution in [1.29, 1.82) is 0 Å². The summed E-state index contributed by atoms with van der Waals surface area (Å²) in [6, 6.07) is 6.91. The first kappa shape index (κ1) is 22.4. The average Bonchev–Trinajstić information content (AvgIpc) is 2.73. The van der Waals surface area contributed by atoms with E-state index in [0.717, 1.165) is 6.08 Å². The third kappa shape index (κ3) is 5.34. The van der Waals surface area contributed by atoms with E-state index in [1.54, 1.807) is 6.92 Å². The maximum Gasteiger partial charge on any atom is 0.332 e. The second-order valence-electron chi connectivity index (χ2n) is 6.18. The van der Waals surface area contributed by atoms with Gasteiger partial charge in [0.15, 0.2) is 23.0 Å². The van der Waals surface area contributed by atoms with Gasteiger partial charge >= 0.3 is 5.97 Å². The zero-order valence-electron chi connectivity index (χ0n) is 16.8. The van der Waals surface area contributed by atoms with E-state index < -0.39 is 17.6 Å². The number of phenolic OH excluding ortho intramolecular Hbond substituents is 3. The van der Waals surface area contributed by atoms with Crippen LogP contribution in [-0.4, -0.2) is 41.4 Å². The largest absolute Gasteiger partial charge is 0.504 e. The molecule has 0 heterocycles. The van der Waals surface area contributed by atoms with Crippen LogP contribution in [0.1, 0.15) is 30.9 Å². The topological polar surface area (TPSA) is 135 Å². The lowest BCUT2D eigenvalue weighted by molar-refractivity contribution is -0.156. The van der Waals surface area contributed by atoms with E-state index in [2.05, 4.69) is 0 Å². The number of hydrogen-bond donors (Lipinski definition) is 4. The SMILES string of the molecule is CCCC(=O)ONC(=O)/C=C(/c1ccc(O)c(O)c1)c1cc(OC)c(O)c(OC)c1. The third-order valence-corrected chi connectivity index (χ3v) is 4.07. The molecule has 30 heavy (non-hydrogen) atoms. The smallest absolute Gasteiger partial charge is 0.332 e. The first-order valence-electron chi connectivity index (χ1n) is 8.99. The fourth-order valence-electron chi connectivity index (χ4n) is 2.60. The van der Waals surface area contributed by atoms with Crippen molar-refractivity contribution in [2.45, 2.75) is 19.8 Å². The number of aromatic hydroxyl groups is 3. The van der Waals surface area contributed by atoms with Crippen molar-refractivity contribution in [3.8, 4) is 28.7 Å². The Morgan fingerprint density at radius 2 is 1.60 bits per heavy atom. The minimum absolute atomic E-state index is 0.0908. The molecule has 2 rings (SSSR count). The number of carbonyl (C=O) groups is 2. The standard InChI is InChI=1S/C21H23NO8/c1-4-5-20(26)30-22-19(25)11-14(12-6-7-15(23)16(24)8-12)13-9-17(28-2)21(27)18(10-13)29-3/h6-11,23-24,27H,4-5H2,1-3H3,(H,22,25)/b14-11-. The van der Waals surface area contributed by atoms with E-state index in [9.17, 15) is 24.9 Å². The molecule has 0 aliphatic carbocycles. The summed E-state index contributed by atoms with van der Waals surface area (Å²) in [7, 11) is 2.71. The van der Waals surface area contributed by atoms with Gasteiger partial charge in [-0.2, -0.15) is 5.48 Å². The zero-order valence-corrected chi connectivity index (χ0v) is 16.8. The molecule has 0 unspecified atom stereocenters. The highest BCUT2D eigenvalue weighted by Gasteiger charge is 2.17. The predicted molar refractivity (Wildman–Crippen MR) is 107 cm³/mol. The lowest BCUT2D eigenvalue weighted by Crippen LogP contribution is -2.25. The molecule has 1 amide bonds. The summed E-state index contributed by atoms with van der Waals surface area (Å²) in [5, 5.41) is 29.6. The molecule has 4 N–H and O–H groups in total. The summed E-state index contributed by atoms with van der Waals surface area (Å²) in [4.78, 5) is 28.5. The number of hydrogen-bond acceptors (Lipinski definition) is 8. The van der Waals surface area contributed by atoms with Gasteiger partial charge in [0.25, 0.3) is 5.91 Å². The highest BCUT2D eigenvalue weighted by atomic mass is 16.7. The van der Waals surface area contributed by atoms with Gasteiger partial charge in [-0.25, -0.2) is 4.79 Å². The molecular formula is C21H23NO8. The second-order valence-corrected chi connectivity index (χ2v) is 6.18. The third-order valence-electron chi connectivity index (χ3n) is 4.07. The monoisotopic (exact) mass is 417 g/mol. The summed E-state index contributed by atoms with van der Waals surface area (Å²) in [6.07, 6.45) is 1.85. The van der Waals surface area contributed by atoms with Crippen molar-refractivity contribution in [3.05, 3.63) is 47.5 Å². The molecule has 0 aliphatic heterocycles. The minimum Gasteiger partial charge on any atom is -0.504 e. The van der Waals surface area contributed by atoms with E-state index in [0.29, 0.717) is 17.5 Å². The number of nitrogens with one attached hydrogen (secondary N) is 1. The van der Waals surface area contributed by atoms with Crippen LogP contribution >= 0.6 is 0 Å². The Morgan fingerprint density at radius 3 is 2.13 bits per heavy atom. The first-order valence-corrected chi connectivity index (χ1v) is 8.99. The average molecular weight is 417 g/mol. The maximum atomic E-state index is 12.3. The van der Waals surface area contributed by atoms with E-state index >= 15 is 0 Å². The highest BCUT2D eigenvalue weighted by Crippen LogP contribution is 2.41. The van der Waals surface area contributed by atoms with Gasteiger partial charge in [0.2, 0.25) is 5.75 Å². The molecule has 0 bridgehead atoms. The van der Waals surface area contributed by atoms with Gasteiger partial charge in [-0.1, -0.05) is 13.0 Å². The van der Waals surface area contributed by atoms with Crippen molar-refractivity contribution in [3.63, 3.8) is 0 Å². The van der Waals surface area contributed by atoms with Gasteiger partial charge in [-0.15, -0.1) is 0 Å². The van der Waals surface area contributed by atoms with Crippen LogP contribution in [0.4, 0.5) is 0 Å². The first-order chi connectivity index (χ1) is 14.3. The molecule has 0 atom stereocenters. The van der Waals surface area contributed by atoms with Crippen molar-refractivity contribution in [2.24, 2.45) is 0 Å². The van der Waals surface area contributed by atoms with Crippen LogP contribution in [0.25, 0.3) is 5.57 Å². The van der Waals surface area contributed by atoms with Gasteiger partial charge in [0.1, 0.15) is 0 Å². The Bertz CT molecular complexity index is 942. The van der Waals surface area contributed by atoms with Gasteiger partial charge in [0, 0.05) is 12.5 Å². The minimum atomic E-state index is -0.743. The number of rotatable bonds is 7. The molecule has 9 heteroatoms. The summed E-state index contributed by atoms with van der Waals surface area (Å²) in [6.45, 7) is 1.80. The molecule has 0 saturated heterocycles. The lowest BCUT2D eigenvalue weighted by atomic mass is 9.96. The van der Waals surface area contributed by atoms with Crippen LogP contribution in [0, 0.1) is 0 Å². The van der Waals surface area contributed by atoms with Crippen LogP contribution in [-0.2, 0) is 14.4 Å². The molecule has 0 radical (unpaired) electrons. The van der Waals surface area contributed by atoms with Crippen molar-refractivity contribution < 1.29 is 39.2 Å². The number of ether oxygens (including phenoxy) is 2. The molecule has 0 spiro atoms. The normalized spacial score (nSPS) is 11.0. The summed E-state index contributed by atoms with van der Waals surface area (Å²) in [5.74, 6) is -2.11. The van der Waals surface area contributed by atoms with Crippen LogP contribution < -0.4 is 15.0 Å². The molecule has 0 saturated carbocycles. The Morgan fingerprint density at radius 1 is 0.967 bits per heavy atom. The molecular weight excluding hydrogens is 394 g/mol. The Hall–Kier alpha value is -3.88. The van der Waals surface area contributed by atoms with Gasteiger partial charge in [0.05, 0.1) is 14.2 Å². The predicted octanol–water partition coefficient (Wildman–Crippen LogP) is 2.63. The van der Waals surface area contributed by atoms with Crippen LogP contribution in [0.2, 0.25) is 0 Å². The maximum absolute atomic E-state index is 12.3. The molecule has 0 aromatic heterocycles. The number of phenols is 3. The van der Waals surface area contributed by atoms with Crippen LogP contribution in [0.3, 0.4) is 0 Å². The number of carbonyl (C=O) groups excluding carboxylic acids is 2. The van der Waals surface area contributed by atoms with Crippen molar-refractivity contribution in [1.82, 2.24) is 5.48 Å². The quantitative estimate of drug-likeness (QED) is 0.307. The fraction of sp³-hybridized carbons (Fsp3) is 0.238. The second kappa shape index (κ2) is 10.1. The lowest BCUT2D eigenvalue weighted by Gasteiger charge is -2.14. The summed E-state index contributed by atoms with van der Waals surface area (Å²) < 4.78 is 10.3. The Balaban J connectivity index is 2.53. The fourth-order valence-corrected chi connectivity index (χ4v) is 2.60. The van der Waals surface area contributed by atoms with E-state index in [4.69, 9.17) is 14.3 Å². The van der Waals surface area contributed by atoms with Crippen molar-refractivity contribution >= 4 is 17.4 Å². The zero-order chi connectivity index (χ0) is 22.3. The molecule has 0 aliphatic rings. The van der Waals surface area contributed by atoms with Crippen LogP contribution in [0.15, 0.2) is 36.4 Å². The van der Waals surface area contributed by atoms with Gasteiger partial charge < -0.3 is 29.6 Å². The molecule has 2 aromatic carbocycles. The molecule has 2 aromatic rings. The number of hydroxylamine groups is 1. The molecule has 160 valence electrons. The Kier molecular flexibility index (Phi) is 7.51. The van der Waals surface area contributed by atoms with Crippen molar-refractivity contribution in [2.75, 3.05) is 14.2 Å². The van der Waals surface area contributed by atoms with Gasteiger partial charge in [-0.05, 0) is 47.4 Å². The summed E-state index contributed by atoms with van der Waals surface area (Å²) >= 11 is 0. The molecule has 0 fully saturated rings. The highest BCUT2D eigenvalue weighted by molar-refractivity contribution is 5.99. The van der Waals surface area contributed by atoms with E-state index in [1.807, 2.05) is 5.48 Å². The number of benzene rings is 2. The Labute approximate surface area is 173 Å². The summed E-state index contributed by atoms with van der Waals surface area (Å²) in [5.41, 5.74) is 3.06. The van der Waals surface area contributed by atoms with Gasteiger partial charge in [-0.3, -0.25) is 4.79 Å². The van der Waals surface area contributed by atoms with Crippen LogP contribution in [0.5, 0.6) is 28.7 Å². The van der Waals surface area contributed by atoms with E-state index in [1.165, 1.54) is 44.6 Å². The number of methoxy groups -OCH3 is 2. The van der Waals surface area contributed by atoms with E-state index in [-0.39, 0.29) is 35.0 Å². The molecule has 9 nitrogen and oxygen atoms in total. The number of amides is 1.